The first kappa shape index (κ1) is 15.1. The number of rotatable bonds is 5. The Balaban J connectivity index is 2.06. The Bertz CT molecular complexity index is 620. The maximum Gasteiger partial charge on any atom is 0.315 e. The molecule has 0 aliphatic carbocycles. The van der Waals surface area contributed by atoms with E-state index in [-0.39, 0.29) is 6.03 Å². The molecule has 0 atom stereocenters. The number of hydrogen-bond acceptors (Lipinski definition) is 3. The molecule has 0 spiro atoms. The average molecular weight is 287 g/mol. The first-order valence-electron chi connectivity index (χ1n) is 7.15. The number of hydrogen-bond donors (Lipinski definition) is 2. The van der Waals surface area contributed by atoms with Crippen molar-refractivity contribution in [3.8, 4) is 11.5 Å². The van der Waals surface area contributed by atoms with E-state index in [0.29, 0.717) is 19.0 Å². The van der Waals surface area contributed by atoms with Crippen molar-refractivity contribution in [1.29, 1.82) is 0 Å². The molecule has 0 bridgehead atoms. The van der Waals surface area contributed by atoms with Crippen molar-refractivity contribution in [1.82, 2.24) is 15.6 Å². The number of carbonyl (C=O) groups is 1. The van der Waals surface area contributed by atoms with Crippen LogP contribution in [0.15, 0.2) is 28.7 Å². The molecule has 1 aromatic carbocycles. The van der Waals surface area contributed by atoms with Gasteiger partial charge in [0.25, 0.3) is 0 Å². The van der Waals surface area contributed by atoms with E-state index in [4.69, 9.17) is 4.42 Å². The van der Waals surface area contributed by atoms with Gasteiger partial charge in [-0.3, -0.25) is 0 Å². The molecule has 0 unspecified atom stereocenters. The summed E-state index contributed by atoms with van der Waals surface area (Å²) in [7, 11) is 0. The molecular formula is C16H21N3O2. The Labute approximate surface area is 124 Å². The standard InChI is InChI=1S/C16H21N3O2/c1-4-9-17-16(20)18-10-14-12(3)21-15(19-14)13-8-6-5-7-11(13)2/h5-8H,4,9-10H2,1-3H3,(H2,17,18,20). The zero-order valence-corrected chi connectivity index (χ0v) is 12.7. The topological polar surface area (TPSA) is 67.2 Å². The van der Waals surface area contributed by atoms with E-state index in [1.54, 1.807) is 0 Å². The Kier molecular flexibility index (Phi) is 4.98. The minimum absolute atomic E-state index is 0.184. The van der Waals surface area contributed by atoms with Gasteiger partial charge in [0, 0.05) is 12.1 Å². The number of aromatic nitrogens is 1. The van der Waals surface area contributed by atoms with Gasteiger partial charge in [0.15, 0.2) is 0 Å². The summed E-state index contributed by atoms with van der Waals surface area (Å²) >= 11 is 0. The number of amides is 2. The van der Waals surface area contributed by atoms with Gasteiger partial charge in [-0.05, 0) is 31.9 Å². The van der Waals surface area contributed by atoms with E-state index < -0.39 is 0 Å². The van der Waals surface area contributed by atoms with Crippen LogP contribution in [0.1, 0.15) is 30.4 Å². The number of nitrogens with one attached hydrogen (secondary N) is 2. The lowest BCUT2D eigenvalue weighted by atomic mass is 10.1. The Morgan fingerprint density at radius 2 is 2.00 bits per heavy atom. The number of nitrogens with zero attached hydrogens (tertiary/aromatic N) is 1. The molecule has 2 N–H and O–H groups in total. The Hall–Kier alpha value is -2.30. The summed E-state index contributed by atoms with van der Waals surface area (Å²) in [5.74, 6) is 1.32. The van der Waals surface area contributed by atoms with E-state index in [1.807, 2.05) is 45.0 Å². The van der Waals surface area contributed by atoms with E-state index in [2.05, 4.69) is 15.6 Å². The molecule has 2 rings (SSSR count). The minimum atomic E-state index is -0.184. The van der Waals surface area contributed by atoms with E-state index in [9.17, 15) is 4.79 Å². The molecule has 21 heavy (non-hydrogen) atoms. The molecular weight excluding hydrogens is 266 g/mol. The van der Waals surface area contributed by atoms with Crippen LogP contribution in [0.4, 0.5) is 4.79 Å². The van der Waals surface area contributed by atoms with Gasteiger partial charge < -0.3 is 15.1 Å². The Morgan fingerprint density at radius 3 is 2.71 bits per heavy atom. The molecule has 1 aromatic heterocycles. The highest BCUT2D eigenvalue weighted by molar-refractivity contribution is 5.73. The van der Waals surface area contributed by atoms with Crippen molar-refractivity contribution in [2.45, 2.75) is 33.7 Å². The van der Waals surface area contributed by atoms with Gasteiger partial charge in [-0.2, -0.15) is 0 Å². The summed E-state index contributed by atoms with van der Waals surface area (Å²) in [5, 5.41) is 5.54. The summed E-state index contributed by atoms with van der Waals surface area (Å²) in [6, 6.07) is 7.75. The molecule has 0 aliphatic heterocycles. The van der Waals surface area contributed by atoms with Crippen LogP contribution in [-0.2, 0) is 6.54 Å². The second-order valence-corrected chi connectivity index (χ2v) is 4.95. The summed E-state index contributed by atoms with van der Waals surface area (Å²) < 4.78 is 5.71. The molecule has 2 amide bonds. The van der Waals surface area contributed by atoms with E-state index in [0.717, 1.165) is 29.0 Å². The van der Waals surface area contributed by atoms with E-state index in [1.165, 1.54) is 0 Å². The second-order valence-electron chi connectivity index (χ2n) is 4.95. The molecule has 0 saturated heterocycles. The fraction of sp³-hybridized carbons (Fsp3) is 0.375. The largest absolute Gasteiger partial charge is 0.441 e. The van der Waals surface area contributed by atoms with Gasteiger partial charge in [0.2, 0.25) is 5.89 Å². The van der Waals surface area contributed by atoms with Gasteiger partial charge in [0.1, 0.15) is 11.5 Å². The molecule has 5 nitrogen and oxygen atoms in total. The number of benzene rings is 1. The maximum atomic E-state index is 11.5. The molecule has 0 saturated carbocycles. The highest BCUT2D eigenvalue weighted by Gasteiger charge is 2.13. The Morgan fingerprint density at radius 1 is 1.24 bits per heavy atom. The maximum absolute atomic E-state index is 11.5. The van der Waals surface area contributed by atoms with Crippen LogP contribution in [-0.4, -0.2) is 17.6 Å². The number of aryl methyl sites for hydroxylation is 2. The normalized spacial score (nSPS) is 10.4. The van der Waals surface area contributed by atoms with Crippen molar-refractivity contribution in [3.63, 3.8) is 0 Å². The highest BCUT2D eigenvalue weighted by atomic mass is 16.4. The van der Waals surface area contributed by atoms with Gasteiger partial charge in [0.05, 0.1) is 6.54 Å². The van der Waals surface area contributed by atoms with Crippen LogP contribution in [0, 0.1) is 13.8 Å². The molecule has 0 radical (unpaired) electrons. The lowest BCUT2D eigenvalue weighted by Gasteiger charge is -2.04. The first-order valence-corrected chi connectivity index (χ1v) is 7.15. The molecule has 1 heterocycles. The van der Waals surface area contributed by atoms with Gasteiger partial charge in [-0.1, -0.05) is 25.1 Å². The second kappa shape index (κ2) is 6.92. The van der Waals surface area contributed by atoms with Crippen LogP contribution in [0.5, 0.6) is 0 Å². The van der Waals surface area contributed by atoms with Crippen molar-refractivity contribution in [2.75, 3.05) is 6.54 Å². The smallest absolute Gasteiger partial charge is 0.315 e. The average Bonchev–Trinajstić information content (AvgIpc) is 2.84. The molecule has 0 aliphatic rings. The van der Waals surface area contributed by atoms with Crippen molar-refractivity contribution in [2.24, 2.45) is 0 Å². The summed E-state index contributed by atoms with van der Waals surface area (Å²) in [6.07, 6.45) is 0.911. The zero-order chi connectivity index (χ0) is 15.2. The minimum Gasteiger partial charge on any atom is -0.441 e. The lowest BCUT2D eigenvalue weighted by molar-refractivity contribution is 0.240. The third-order valence-corrected chi connectivity index (χ3v) is 3.22. The van der Waals surface area contributed by atoms with Gasteiger partial charge in [-0.15, -0.1) is 0 Å². The predicted molar refractivity (Wildman–Crippen MR) is 81.9 cm³/mol. The van der Waals surface area contributed by atoms with E-state index >= 15 is 0 Å². The van der Waals surface area contributed by atoms with Crippen LogP contribution < -0.4 is 10.6 Å². The third kappa shape index (κ3) is 3.84. The van der Waals surface area contributed by atoms with Crippen molar-refractivity contribution >= 4 is 6.03 Å². The fourth-order valence-corrected chi connectivity index (χ4v) is 1.99. The van der Waals surface area contributed by atoms with Gasteiger partial charge in [-0.25, -0.2) is 9.78 Å². The van der Waals surface area contributed by atoms with Crippen LogP contribution in [0.25, 0.3) is 11.5 Å². The molecule has 0 fully saturated rings. The lowest BCUT2D eigenvalue weighted by Crippen LogP contribution is -2.35. The third-order valence-electron chi connectivity index (χ3n) is 3.22. The monoisotopic (exact) mass is 287 g/mol. The number of oxazole rings is 1. The van der Waals surface area contributed by atoms with Crippen molar-refractivity contribution in [3.05, 3.63) is 41.3 Å². The zero-order valence-electron chi connectivity index (χ0n) is 12.7. The summed E-state index contributed by atoms with van der Waals surface area (Å²) in [5.41, 5.74) is 2.83. The summed E-state index contributed by atoms with van der Waals surface area (Å²) in [6.45, 7) is 6.91. The van der Waals surface area contributed by atoms with Crippen LogP contribution in [0.2, 0.25) is 0 Å². The van der Waals surface area contributed by atoms with Crippen LogP contribution in [0.3, 0.4) is 0 Å². The van der Waals surface area contributed by atoms with Crippen LogP contribution >= 0.6 is 0 Å². The van der Waals surface area contributed by atoms with Gasteiger partial charge >= 0.3 is 6.03 Å². The first-order chi connectivity index (χ1) is 10.1. The highest BCUT2D eigenvalue weighted by Crippen LogP contribution is 2.24. The summed E-state index contributed by atoms with van der Waals surface area (Å²) in [4.78, 5) is 16.0. The molecule has 112 valence electrons. The number of carbonyl (C=O) groups excluding carboxylic acids is 1. The quantitative estimate of drug-likeness (QED) is 0.887. The van der Waals surface area contributed by atoms with Crippen molar-refractivity contribution < 1.29 is 9.21 Å². The fourth-order valence-electron chi connectivity index (χ4n) is 1.99. The SMILES string of the molecule is CCCNC(=O)NCc1nc(-c2ccccc2C)oc1C. The molecule has 5 heteroatoms. The number of urea groups is 1. The molecule has 2 aromatic rings. The predicted octanol–water partition coefficient (Wildman–Crippen LogP) is 3.17.